The molecule has 0 spiro atoms. The van der Waals surface area contributed by atoms with E-state index in [0.717, 1.165) is 48.9 Å². The van der Waals surface area contributed by atoms with Crippen LogP contribution < -0.4 is 19.1 Å². The van der Waals surface area contributed by atoms with Gasteiger partial charge in [-0.1, -0.05) is 43.1 Å². The topological polar surface area (TPSA) is 33.9 Å². The Bertz CT molecular complexity index is 2570. The molecule has 8 heteroatoms. The lowest BCUT2D eigenvalue weighted by atomic mass is 9.81. The monoisotopic (exact) mass is 868 g/mol. The highest BCUT2D eigenvalue weighted by Gasteiger charge is 2.44. The van der Waals surface area contributed by atoms with Gasteiger partial charge in [0.2, 0.25) is 5.69 Å². The van der Waals surface area contributed by atoms with Gasteiger partial charge in [0, 0.05) is 51.1 Å². The van der Waals surface area contributed by atoms with E-state index >= 15 is 0 Å². The van der Waals surface area contributed by atoms with Crippen LogP contribution in [0.15, 0.2) is 171 Å². The van der Waals surface area contributed by atoms with Crippen molar-refractivity contribution in [3.05, 3.63) is 177 Å². The highest BCUT2D eigenvalue weighted by molar-refractivity contribution is 7.97. The van der Waals surface area contributed by atoms with Gasteiger partial charge in [-0.15, -0.1) is 0 Å². The maximum atomic E-state index is 7.03. The predicted octanol–water partition coefficient (Wildman–Crippen LogP) is 13.8. The van der Waals surface area contributed by atoms with E-state index in [-0.39, 0.29) is 21.7 Å². The average Bonchev–Trinajstić information content (AvgIpc) is 3.82. The number of fused-ring (bicyclic) bond motifs is 2. The number of allylic oxidation sites excluding steroid dienone is 7. The van der Waals surface area contributed by atoms with Crippen molar-refractivity contribution in [2.24, 2.45) is 0 Å². The van der Waals surface area contributed by atoms with E-state index in [0.29, 0.717) is 10.0 Å². The second kappa shape index (κ2) is 17.3. The Kier molecular flexibility index (Phi) is 12.1. The van der Waals surface area contributed by atoms with E-state index in [1.807, 2.05) is 24.3 Å². The first-order chi connectivity index (χ1) is 29.4. The summed E-state index contributed by atoms with van der Waals surface area (Å²) in [7, 11) is 3.09. The molecule has 0 amide bonds. The van der Waals surface area contributed by atoms with E-state index < -0.39 is 0 Å². The van der Waals surface area contributed by atoms with Crippen LogP contribution in [0, 0.1) is 0 Å². The number of rotatable bonds is 12. The number of benzene rings is 5. The lowest BCUT2D eigenvalue weighted by molar-refractivity contribution is -0.433. The van der Waals surface area contributed by atoms with Gasteiger partial charge in [0.1, 0.15) is 29.6 Å². The molecule has 61 heavy (non-hydrogen) atoms. The Labute approximate surface area is 374 Å². The second-order valence-corrected chi connectivity index (χ2v) is 19.5. The van der Waals surface area contributed by atoms with E-state index in [1.165, 1.54) is 59.7 Å². The Morgan fingerprint density at radius 1 is 0.656 bits per heavy atom. The summed E-state index contributed by atoms with van der Waals surface area (Å²) in [5.74, 6) is 3.45. The molecule has 2 heterocycles. The molecule has 0 N–H and O–H groups in total. The number of methoxy groups -OCH3 is 2. The van der Waals surface area contributed by atoms with Crippen LogP contribution in [0.1, 0.15) is 65.5 Å². The van der Waals surface area contributed by atoms with Gasteiger partial charge in [0.15, 0.2) is 20.4 Å². The van der Waals surface area contributed by atoms with Crippen LogP contribution in [-0.2, 0) is 21.7 Å². The van der Waals surface area contributed by atoms with Crippen LogP contribution in [0.5, 0.6) is 17.2 Å². The fourth-order valence-electron chi connectivity index (χ4n) is 9.07. The highest BCUT2D eigenvalue weighted by Crippen LogP contribution is 2.49. The van der Waals surface area contributed by atoms with Crippen LogP contribution in [0.3, 0.4) is 0 Å². The van der Waals surface area contributed by atoms with E-state index in [4.69, 9.17) is 37.4 Å². The molecular formula is C53H54Cl2N2O3S+2. The third kappa shape index (κ3) is 8.07. The molecule has 0 bridgehead atoms. The van der Waals surface area contributed by atoms with Crippen LogP contribution in [0.4, 0.5) is 11.4 Å². The van der Waals surface area contributed by atoms with Crippen molar-refractivity contribution < 1.29 is 18.8 Å². The number of ether oxygens (including phenoxy) is 3. The Hall–Kier alpha value is -5.14. The molecule has 5 aromatic rings. The number of halogens is 2. The summed E-state index contributed by atoms with van der Waals surface area (Å²) in [4.78, 5) is 5.95. The molecular weight excluding hydrogens is 816 g/mol. The minimum Gasteiger partial charge on any atom is -0.497 e. The predicted molar refractivity (Wildman–Crippen MR) is 254 cm³/mol. The van der Waals surface area contributed by atoms with Crippen molar-refractivity contribution in [2.75, 3.05) is 32.2 Å². The zero-order valence-electron chi connectivity index (χ0n) is 36.3. The molecule has 0 aromatic heterocycles. The SMILES string of the molecule is CCN1/C(=C/C=C2\CCC(/C=C/C3=[N+](CC)c4ccc(OC)cc4C3(C)C)=C2Oc2ccc([S+](c3ccc(Cl)cc3)c3ccc(Cl)cc3)cc2)C(C)(C)c2cc(OC)ccc21. The lowest BCUT2D eigenvalue weighted by Gasteiger charge is -2.26. The molecule has 0 saturated heterocycles. The van der Waals surface area contributed by atoms with Crippen molar-refractivity contribution >= 4 is 51.2 Å². The summed E-state index contributed by atoms with van der Waals surface area (Å²) < 4.78 is 20.8. The molecule has 0 fully saturated rings. The number of nitrogens with zero attached hydrogens (tertiary/aromatic N) is 2. The van der Waals surface area contributed by atoms with Crippen LogP contribution in [0.2, 0.25) is 10.0 Å². The maximum absolute atomic E-state index is 7.03. The molecule has 0 radical (unpaired) electrons. The summed E-state index contributed by atoms with van der Waals surface area (Å²) in [6, 6.07) is 37.7. The van der Waals surface area contributed by atoms with Crippen molar-refractivity contribution in [1.82, 2.24) is 0 Å². The van der Waals surface area contributed by atoms with Gasteiger partial charge in [0.25, 0.3) is 0 Å². The van der Waals surface area contributed by atoms with Gasteiger partial charge in [0.05, 0.1) is 30.5 Å². The molecule has 2 aliphatic heterocycles. The van der Waals surface area contributed by atoms with Gasteiger partial charge < -0.3 is 19.1 Å². The Morgan fingerprint density at radius 3 is 1.79 bits per heavy atom. The molecule has 5 aromatic carbocycles. The van der Waals surface area contributed by atoms with Crippen LogP contribution in [-0.4, -0.2) is 37.6 Å². The first-order valence-corrected chi connectivity index (χ1v) is 23.0. The standard InChI is InChI=1S/C53H54Cl2N2O3S/c1-9-56-47-29-21-40(58-7)33-45(47)52(3,4)49(56)31-13-35-11-12-36(14-32-50-53(5,6)46-34-41(59-8)22-30-48(46)57(50)10-2)51(35)60-39-19-27-44(28-20-39)61(42-23-15-37(54)16-24-42)43-25-17-38(55)18-26-43/h13-34H,9-12H2,1-8H3/q+2. The summed E-state index contributed by atoms with van der Waals surface area (Å²) in [6.07, 6.45) is 10.9. The molecule has 0 atom stereocenters. The summed E-state index contributed by atoms with van der Waals surface area (Å²) in [6.45, 7) is 15.4. The smallest absolute Gasteiger partial charge is 0.210 e. The number of hydrogen-bond acceptors (Lipinski definition) is 4. The fraction of sp³-hybridized carbons (Fsp3) is 0.264. The summed E-state index contributed by atoms with van der Waals surface area (Å²) in [5, 5.41) is 1.43. The number of hydrogen-bond donors (Lipinski definition) is 0. The third-order valence-electron chi connectivity index (χ3n) is 12.3. The zero-order valence-corrected chi connectivity index (χ0v) is 38.6. The van der Waals surface area contributed by atoms with E-state index in [2.05, 4.69) is 160 Å². The molecule has 1 aliphatic carbocycles. The van der Waals surface area contributed by atoms with Crippen molar-refractivity contribution in [1.29, 1.82) is 0 Å². The highest BCUT2D eigenvalue weighted by atomic mass is 35.5. The van der Waals surface area contributed by atoms with Gasteiger partial charge in [-0.25, -0.2) is 0 Å². The first kappa shape index (κ1) is 42.5. The second-order valence-electron chi connectivity index (χ2n) is 16.6. The largest absolute Gasteiger partial charge is 0.497 e. The Balaban J connectivity index is 1.19. The summed E-state index contributed by atoms with van der Waals surface area (Å²) in [5.41, 5.74) is 9.43. The van der Waals surface area contributed by atoms with Crippen molar-refractivity contribution in [3.63, 3.8) is 0 Å². The lowest BCUT2D eigenvalue weighted by Crippen LogP contribution is -2.27. The normalized spacial score (nSPS) is 17.9. The van der Waals surface area contributed by atoms with Crippen molar-refractivity contribution in [2.45, 2.75) is 79.9 Å². The minimum atomic E-state index is -0.372. The number of likely N-dealkylation sites (N-methyl/N-ethyl adjacent to an activating group) is 1. The van der Waals surface area contributed by atoms with Crippen LogP contribution >= 0.6 is 23.2 Å². The van der Waals surface area contributed by atoms with Gasteiger partial charge in [-0.05, 0) is 173 Å². The van der Waals surface area contributed by atoms with Gasteiger partial charge in [-0.2, -0.15) is 4.58 Å². The maximum Gasteiger partial charge on any atom is 0.210 e. The molecule has 8 rings (SSSR count). The van der Waals surface area contributed by atoms with Crippen LogP contribution in [0.25, 0.3) is 0 Å². The molecule has 312 valence electrons. The quantitative estimate of drug-likeness (QED) is 0.0924. The molecule has 5 nitrogen and oxygen atoms in total. The third-order valence-corrected chi connectivity index (χ3v) is 15.1. The first-order valence-electron chi connectivity index (χ1n) is 21.0. The van der Waals surface area contributed by atoms with Crippen molar-refractivity contribution in [3.8, 4) is 17.2 Å². The average molecular weight is 870 g/mol. The molecule has 0 unspecified atom stereocenters. The molecule has 3 aliphatic rings. The number of anilines is 1. The fourth-order valence-corrected chi connectivity index (χ4v) is 11.4. The Morgan fingerprint density at radius 2 is 1.21 bits per heavy atom. The van der Waals surface area contributed by atoms with E-state index in [1.54, 1.807) is 14.2 Å². The zero-order chi connectivity index (χ0) is 43.1. The minimum absolute atomic E-state index is 0.212. The van der Waals surface area contributed by atoms with Gasteiger partial charge >= 0.3 is 0 Å². The van der Waals surface area contributed by atoms with Gasteiger partial charge in [-0.3, -0.25) is 0 Å². The van der Waals surface area contributed by atoms with E-state index in [9.17, 15) is 0 Å². The summed E-state index contributed by atoms with van der Waals surface area (Å²) >= 11 is 12.7. The molecule has 0 saturated carbocycles.